The molecule has 0 saturated carbocycles. The number of benzene rings is 1. The number of aliphatic imine (C=N–C) groups is 2. The van der Waals surface area contributed by atoms with Crippen LogP contribution in [0.4, 0.5) is 0 Å². The first-order valence-corrected chi connectivity index (χ1v) is 12.8. The third-order valence-electron chi connectivity index (χ3n) is 5.74. The third-order valence-corrected chi connectivity index (χ3v) is 5.74. The summed E-state index contributed by atoms with van der Waals surface area (Å²) in [6, 6.07) is 12.1. The van der Waals surface area contributed by atoms with Crippen molar-refractivity contribution in [2.24, 2.45) is 38.3 Å². The van der Waals surface area contributed by atoms with Crippen LogP contribution in [0, 0.1) is 5.92 Å². The maximum absolute atomic E-state index is 6.16. The predicted molar refractivity (Wildman–Crippen MR) is 159 cm³/mol. The van der Waals surface area contributed by atoms with Crippen LogP contribution in [0.25, 0.3) is 11.3 Å². The van der Waals surface area contributed by atoms with Crippen LogP contribution >= 0.6 is 0 Å². The van der Waals surface area contributed by atoms with Crippen LogP contribution in [-0.2, 0) is 6.54 Å². The fraction of sp³-hybridized carbons (Fsp3) is 0.517. The van der Waals surface area contributed by atoms with E-state index < -0.39 is 0 Å². The second kappa shape index (κ2) is 19.2. The van der Waals surface area contributed by atoms with E-state index in [1.54, 1.807) is 0 Å². The highest BCUT2D eigenvalue weighted by molar-refractivity contribution is 6.04. The van der Waals surface area contributed by atoms with E-state index in [2.05, 4.69) is 41.9 Å². The lowest BCUT2D eigenvalue weighted by molar-refractivity contribution is 0.510. The molecule has 7 heteroatoms. The van der Waals surface area contributed by atoms with Crippen molar-refractivity contribution < 1.29 is 0 Å². The van der Waals surface area contributed by atoms with Gasteiger partial charge in [-0.1, -0.05) is 84.7 Å². The van der Waals surface area contributed by atoms with Gasteiger partial charge in [-0.05, 0) is 37.4 Å². The molecule has 0 radical (unpaired) electrons. The van der Waals surface area contributed by atoms with Crippen molar-refractivity contribution in [3.63, 3.8) is 0 Å². The zero-order valence-corrected chi connectivity index (χ0v) is 22.3. The van der Waals surface area contributed by atoms with E-state index in [-0.39, 0.29) is 7.43 Å². The van der Waals surface area contributed by atoms with Crippen molar-refractivity contribution in [3.05, 3.63) is 53.7 Å². The first-order chi connectivity index (χ1) is 16.9. The Morgan fingerprint density at radius 2 is 1.69 bits per heavy atom. The first-order valence-electron chi connectivity index (χ1n) is 12.8. The lowest BCUT2D eigenvalue weighted by atomic mass is 9.99. The molecule has 1 heterocycles. The minimum atomic E-state index is 0. The number of nitrogens with two attached hydrogens (primary N) is 3. The molecule has 36 heavy (non-hydrogen) atoms. The molecule has 0 spiro atoms. The standard InChI is InChI=1S/C26H38N6.C2H7N.CH4/c1-5-8-13-25(27)31-26(16-20(6-2)7-3)30-18-21-14-15-24(29-17-21)23-12-10-9-11-22(23)19(4)32-28;1-2-3;/h9-12,14-15,17,20H,5-8,13,16,18,28H2,1-4H3,(H2,27,30,31);2-3H2,1H3;1H4/b32-19+;;. The Bertz CT molecular complexity index is 942. The molecule has 200 valence electrons. The topological polar surface area (TPSA) is 128 Å². The molecule has 0 bridgehead atoms. The van der Waals surface area contributed by atoms with E-state index in [1.165, 1.54) is 0 Å². The van der Waals surface area contributed by atoms with Crippen LogP contribution in [0.1, 0.15) is 91.7 Å². The average molecular weight is 496 g/mol. The highest BCUT2D eigenvalue weighted by Gasteiger charge is 2.10. The van der Waals surface area contributed by atoms with Gasteiger partial charge in [-0.25, -0.2) is 4.99 Å². The smallest absolute Gasteiger partial charge is 0.125 e. The number of hydrogen-bond acceptors (Lipinski definition) is 5. The van der Waals surface area contributed by atoms with Crippen molar-refractivity contribution >= 4 is 17.4 Å². The maximum Gasteiger partial charge on any atom is 0.125 e. The Morgan fingerprint density at radius 1 is 1.03 bits per heavy atom. The summed E-state index contributed by atoms with van der Waals surface area (Å²) in [7, 11) is 0. The Morgan fingerprint density at radius 3 is 2.25 bits per heavy atom. The number of pyridine rings is 1. The molecule has 0 amide bonds. The lowest BCUT2D eigenvalue weighted by Gasteiger charge is -2.12. The molecule has 0 saturated heterocycles. The summed E-state index contributed by atoms with van der Waals surface area (Å²) in [5.41, 5.74) is 15.7. The second-order valence-corrected chi connectivity index (χ2v) is 8.55. The number of rotatable bonds is 11. The molecule has 0 fully saturated rings. The molecule has 0 aliphatic carbocycles. The summed E-state index contributed by atoms with van der Waals surface area (Å²) in [6.07, 6.45) is 7.93. The molecular formula is C29H49N7. The van der Waals surface area contributed by atoms with E-state index in [9.17, 15) is 0 Å². The molecule has 2 rings (SSSR count). The number of aromatic nitrogens is 1. The quantitative estimate of drug-likeness (QED) is 0.146. The molecule has 6 N–H and O–H groups in total. The Labute approximate surface area is 219 Å². The van der Waals surface area contributed by atoms with Crippen LogP contribution < -0.4 is 17.3 Å². The SMILES string of the molecule is C.CCCCC(N)=NC(CC(CC)CC)=NCc1ccc(-c2ccccc2/C(C)=N/N)nc1.CCN. The van der Waals surface area contributed by atoms with Crippen LogP contribution in [0.5, 0.6) is 0 Å². The Balaban J connectivity index is 0.00000291. The molecule has 1 aromatic carbocycles. The van der Waals surface area contributed by atoms with Crippen LogP contribution in [0.2, 0.25) is 0 Å². The fourth-order valence-corrected chi connectivity index (χ4v) is 3.51. The summed E-state index contributed by atoms with van der Waals surface area (Å²) in [5, 5.41) is 3.84. The summed E-state index contributed by atoms with van der Waals surface area (Å²) < 4.78 is 0. The predicted octanol–water partition coefficient (Wildman–Crippen LogP) is 6.30. The molecule has 2 aromatic rings. The maximum atomic E-state index is 6.16. The fourth-order valence-electron chi connectivity index (χ4n) is 3.51. The molecule has 0 aliphatic rings. The van der Waals surface area contributed by atoms with E-state index >= 15 is 0 Å². The minimum Gasteiger partial charge on any atom is -0.387 e. The Kier molecular flexibility index (Phi) is 17.5. The van der Waals surface area contributed by atoms with Crippen molar-refractivity contribution in [3.8, 4) is 11.3 Å². The number of unbranched alkanes of at least 4 members (excludes halogenated alkanes) is 1. The minimum absolute atomic E-state index is 0. The second-order valence-electron chi connectivity index (χ2n) is 8.55. The van der Waals surface area contributed by atoms with Gasteiger partial charge in [-0.3, -0.25) is 9.98 Å². The molecule has 7 nitrogen and oxygen atoms in total. The number of amidine groups is 2. The molecular weight excluding hydrogens is 446 g/mol. The van der Waals surface area contributed by atoms with Gasteiger partial charge in [0.25, 0.3) is 0 Å². The van der Waals surface area contributed by atoms with Gasteiger partial charge >= 0.3 is 0 Å². The average Bonchev–Trinajstić information content (AvgIpc) is 2.89. The van der Waals surface area contributed by atoms with Crippen molar-refractivity contribution in [2.75, 3.05) is 6.54 Å². The largest absolute Gasteiger partial charge is 0.387 e. The number of hydrogen-bond donors (Lipinski definition) is 3. The number of hydrazone groups is 1. The molecule has 1 aromatic heterocycles. The van der Waals surface area contributed by atoms with Crippen molar-refractivity contribution in [1.82, 2.24) is 4.98 Å². The zero-order chi connectivity index (χ0) is 26.1. The van der Waals surface area contributed by atoms with Gasteiger partial charge in [0.15, 0.2) is 0 Å². The first kappa shape index (κ1) is 32.9. The Hall–Kier alpha value is -3.06. The molecule has 0 unspecified atom stereocenters. The summed E-state index contributed by atoms with van der Waals surface area (Å²) in [5.74, 6) is 7.59. The normalized spacial score (nSPS) is 12.1. The van der Waals surface area contributed by atoms with Gasteiger partial charge in [0.2, 0.25) is 0 Å². The summed E-state index contributed by atoms with van der Waals surface area (Å²) >= 11 is 0. The highest BCUT2D eigenvalue weighted by atomic mass is 15.1. The van der Waals surface area contributed by atoms with Gasteiger partial charge in [0, 0.05) is 30.2 Å². The molecule has 0 aliphatic heterocycles. The lowest BCUT2D eigenvalue weighted by Crippen LogP contribution is -2.16. The van der Waals surface area contributed by atoms with E-state index in [0.29, 0.717) is 18.3 Å². The monoisotopic (exact) mass is 495 g/mol. The van der Waals surface area contributed by atoms with E-state index in [0.717, 1.165) is 79.0 Å². The van der Waals surface area contributed by atoms with Gasteiger partial charge in [0.1, 0.15) is 11.7 Å². The molecule has 0 atom stereocenters. The third kappa shape index (κ3) is 11.6. The van der Waals surface area contributed by atoms with Crippen LogP contribution in [-0.4, -0.2) is 28.9 Å². The summed E-state index contributed by atoms with van der Waals surface area (Å²) in [4.78, 5) is 14.2. The van der Waals surface area contributed by atoms with E-state index in [4.69, 9.17) is 22.3 Å². The zero-order valence-electron chi connectivity index (χ0n) is 22.3. The van der Waals surface area contributed by atoms with Gasteiger partial charge in [-0.15, -0.1) is 0 Å². The van der Waals surface area contributed by atoms with Crippen LogP contribution in [0.15, 0.2) is 57.7 Å². The van der Waals surface area contributed by atoms with Crippen molar-refractivity contribution in [2.45, 2.75) is 87.1 Å². The van der Waals surface area contributed by atoms with Gasteiger partial charge in [-0.2, -0.15) is 5.10 Å². The van der Waals surface area contributed by atoms with Crippen LogP contribution in [0.3, 0.4) is 0 Å². The number of nitrogens with zero attached hydrogens (tertiary/aromatic N) is 4. The van der Waals surface area contributed by atoms with E-state index in [1.807, 2.05) is 50.4 Å². The van der Waals surface area contributed by atoms with Gasteiger partial charge < -0.3 is 17.3 Å². The highest BCUT2D eigenvalue weighted by Crippen LogP contribution is 2.23. The van der Waals surface area contributed by atoms with Gasteiger partial charge in [0.05, 0.1) is 18.0 Å². The van der Waals surface area contributed by atoms with Crippen molar-refractivity contribution in [1.29, 1.82) is 0 Å². The summed E-state index contributed by atoms with van der Waals surface area (Å²) in [6.45, 7) is 11.7.